The zero-order valence-electron chi connectivity index (χ0n) is 14.4. The van der Waals surface area contributed by atoms with Crippen molar-refractivity contribution in [1.29, 1.82) is 5.26 Å². The summed E-state index contributed by atoms with van der Waals surface area (Å²) in [6.07, 6.45) is 1.64. The third-order valence-corrected chi connectivity index (χ3v) is 3.96. The number of benzene rings is 2. The van der Waals surface area contributed by atoms with Gasteiger partial charge in [-0.15, -0.1) is 0 Å². The Kier molecular flexibility index (Phi) is 4.72. The molecule has 6 heteroatoms. The average molecular weight is 348 g/mol. The van der Waals surface area contributed by atoms with Crippen LogP contribution in [0, 0.1) is 11.3 Å². The number of methoxy groups -OCH3 is 1. The highest BCUT2D eigenvalue weighted by Gasteiger charge is 2.34. The normalized spacial score (nSPS) is 14.1. The molecule has 0 saturated carbocycles. The van der Waals surface area contributed by atoms with E-state index in [1.54, 1.807) is 48.5 Å². The molecule has 6 nitrogen and oxygen atoms in total. The number of hydrogen-bond donors (Lipinski definition) is 0. The maximum absolute atomic E-state index is 12.7. The summed E-state index contributed by atoms with van der Waals surface area (Å²) in [7, 11) is 1.49. The van der Waals surface area contributed by atoms with Gasteiger partial charge >= 0.3 is 0 Å². The highest BCUT2D eigenvalue weighted by atomic mass is 16.5. The first-order valence-electron chi connectivity index (χ1n) is 7.90. The molecule has 3 rings (SSSR count). The molecule has 1 amide bonds. The van der Waals surface area contributed by atoms with Crippen LogP contribution in [0.4, 0.5) is 5.69 Å². The second-order valence-electron chi connectivity index (χ2n) is 5.59. The molecule has 2 aromatic carbocycles. The molecule has 0 atom stereocenters. The van der Waals surface area contributed by atoms with Crippen LogP contribution < -0.4 is 14.4 Å². The van der Waals surface area contributed by atoms with Gasteiger partial charge in [0.1, 0.15) is 6.07 Å². The number of amides is 1. The maximum atomic E-state index is 12.7. The lowest BCUT2D eigenvalue weighted by atomic mass is 10.1. The van der Waals surface area contributed by atoms with Crippen LogP contribution in [0.2, 0.25) is 0 Å². The highest BCUT2D eigenvalue weighted by molar-refractivity contribution is 6.26. The Morgan fingerprint density at radius 3 is 2.69 bits per heavy atom. The molecule has 0 spiro atoms. The molecule has 2 aromatic rings. The molecule has 0 aromatic heterocycles. The second kappa shape index (κ2) is 7.11. The lowest BCUT2D eigenvalue weighted by molar-refractivity contribution is -0.116. The van der Waals surface area contributed by atoms with E-state index >= 15 is 0 Å². The van der Waals surface area contributed by atoms with Gasteiger partial charge in [-0.2, -0.15) is 5.26 Å². The van der Waals surface area contributed by atoms with Gasteiger partial charge in [0.15, 0.2) is 18.1 Å². The number of fused-ring (bicyclic) bond motifs is 1. The maximum Gasteiger partial charge on any atom is 0.228 e. The number of para-hydroxylation sites is 1. The number of nitrogens with zero attached hydrogens (tertiary/aromatic N) is 2. The van der Waals surface area contributed by atoms with Crippen molar-refractivity contribution in [3.63, 3.8) is 0 Å². The van der Waals surface area contributed by atoms with Gasteiger partial charge in [0.2, 0.25) is 11.7 Å². The van der Waals surface area contributed by atoms with Crippen molar-refractivity contribution >= 4 is 23.5 Å². The van der Waals surface area contributed by atoms with Crippen molar-refractivity contribution in [3.8, 4) is 17.6 Å². The first kappa shape index (κ1) is 17.2. The molecule has 1 heterocycles. The predicted octanol–water partition coefficient (Wildman–Crippen LogP) is 3.19. The lowest BCUT2D eigenvalue weighted by Crippen LogP contribution is -2.25. The first-order chi connectivity index (χ1) is 12.6. The van der Waals surface area contributed by atoms with E-state index in [-0.39, 0.29) is 24.0 Å². The van der Waals surface area contributed by atoms with Crippen molar-refractivity contribution < 1.29 is 19.1 Å². The number of carbonyl (C=O) groups excluding carboxylic acids is 2. The third-order valence-electron chi connectivity index (χ3n) is 3.96. The fourth-order valence-corrected chi connectivity index (χ4v) is 2.86. The Bertz CT molecular complexity index is 957. The first-order valence-corrected chi connectivity index (χ1v) is 7.90. The highest BCUT2D eigenvalue weighted by Crippen LogP contribution is 2.36. The van der Waals surface area contributed by atoms with E-state index < -0.39 is 0 Å². The summed E-state index contributed by atoms with van der Waals surface area (Å²) < 4.78 is 10.6. The minimum atomic E-state index is -0.240. The van der Waals surface area contributed by atoms with Crippen LogP contribution in [0.5, 0.6) is 11.5 Å². The van der Waals surface area contributed by atoms with Gasteiger partial charge in [0, 0.05) is 12.5 Å². The Labute approximate surface area is 150 Å². The fraction of sp³-hybridized carbons (Fsp3) is 0.150. The molecule has 130 valence electrons. The molecule has 1 aliphatic heterocycles. The minimum absolute atomic E-state index is 0.0945. The topological polar surface area (TPSA) is 79.6 Å². The van der Waals surface area contributed by atoms with Crippen LogP contribution in [0.25, 0.3) is 6.08 Å². The summed E-state index contributed by atoms with van der Waals surface area (Å²) in [5, 5.41) is 8.63. The van der Waals surface area contributed by atoms with Crippen molar-refractivity contribution in [2.45, 2.75) is 6.92 Å². The van der Waals surface area contributed by atoms with Gasteiger partial charge < -0.3 is 9.47 Å². The number of anilines is 1. The Morgan fingerprint density at radius 1 is 1.23 bits per heavy atom. The van der Waals surface area contributed by atoms with Gasteiger partial charge in [0.25, 0.3) is 0 Å². The molecule has 0 aliphatic carbocycles. The number of allylic oxidation sites excluding steroid dienone is 1. The number of carbonyl (C=O) groups is 2. The van der Waals surface area contributed by atoms with Crippen LogP contribution >= 0.6 is 0 Å². The molecule has 0 unspecified atom stereocenters. The number of Topliss-reactive ketones (excluding diaryl/α,β-unsaturated/α-hetero) is 1. The summed E-state index contributed by atoms with van der Waals surface area (Å²) in [4.78, 5) is 26.2. The molecule has 0 N–H and O–H groups in total. The number of rotatable bonds is 4. The molecule has 0 radical (unpaired) electrons. The average Bonchev–Trinajstić information content (AvgIpc) is 2.93. The molecular weight excluding hydrogens is 332 g/mol. The largest absolute Gasteiger partial charge is 0.493 e. The number of ketones is 1. The molecule has 26 heavy (non-hydrogen) atoms. The number of nitriles is 1. The van der Waals surface area contributed by atoms with E-state index in [0.29, 0.717) is 28.3 Å². The summed E-state index contributed by atoms with van der Waals surface area (Å²) in [5.74, 6) is 0.419. The van der Waals surface area contributed by atoms with Crippen molar-refractivity contribution in [2.75, 3.05) is 18.6 Å². The van der Waals surface area contributed by atoms with Crippen LogP contribution in [-0.2, 0) is 4.79 Å². The van der Waals surface area contributed by atoms with E-state index in [2.05, 4.69) is 0 Å². The second-order valence-corrected chi connectivity index (χ2v) is 5.59. The van der Waals surface area contributed by atoms with E-state index in [9.17, 15) is 9.59 Å². The summed E-state index contributed by atoms with van der Waals surface area (Å²) in [6, 6.07) is 14.0. The van der Waals surface area contributed by atoms with Crippen LogP contribution in [0.3, 0.4) is 0 Å². The van der Waals surface area contributed by atoms with Crippen molar-refractivity contribution in [1.82, 2.24) is 0 Å². The molecular formula is C20H16N2O4. The quantitative estimate of drug-likeness (QED) is 0.793. The zero-order chi connectivity index (χ0) is 18.7. The smallest absolute Gasteiger partial charge is 0.228 e. The van der Waals surface area contributed by atoms with Gasteiger partial charge in [0.05, 0.1) is 18.5 Å². The van der Waals surface area contributed by atoms with Crippen LogP contribution in [0.1, 0.15) is 22.8 Å². The van der Waals surface area contributed by atoms with Crippen LogP contribution in [0.15, 0.2) is 48.2 Å². The summed E-state index contributed by atoms with van der Waals surface area (Å²) >= 11 is 0. The lowest BCUT2D eigenvalue weighted by Gasteiger charge is -2.16. The standard InChI is InChI=1S/C20H16N2O4/c1-13(23)22-16-6-4-3-5-15(16)20(24)17(22)11-14-7-8-18(26-10-9-21)19(12-14)25-2/h3-8,11-12H,10H2,1-2H3/b17-11-. The van der Waals surface area contributed by atoms with E-state index in [1.807, 2.05) is 6.07 Å². The Morgan fingerprint density at radius 2 is 2.00 bits per heavy atom. The summed E-state index contributed by atoms with van der Waals surface area (Å²) in [6.45, 7) is 1.32. The van der Waals surface area contributed by atoms with Gasteiger partial charge in [-0.25, -0.2) is 0 Å². The Hall–Kier alpha value is -3.59. The van der Waals surface area contributed by atoms with E-state index in [4.69, 9.17) is 14.7 Å². The van der Waals surface area contributed by atoms with Gasteiger partial charge in [-0.3, -0.25) is 14.5 Å². The number of hydrogen-bond acceptors (Lipinski definition) is 5. The monoisotopic (exact) mass is 348 g/mol. The zero-order valence-corrected chi connectivity index (χ0v) is 14.4. The molecule has 0 fully saturated rings. The van der Waals surface area contributed by atoms with E-state index in [0.717, 1.165) is 0 Å². The minimum Gasteiger partial charge on any atom is -0.493 e. The predicted molar refractivity (Wildman–Crippen MR) is 96.0 cm³/mol. The fourth-order valence-electron chi connectivity index (χ4n) is 2.86. The SMILES string of the molecule is COc1cc(/C=C2/C(=O)c3ccccc3N2C(C)=O)ccc1OCC#N. The number of ether oxygens (including phenoxy) is 2. The molecule has 0 saturated heterocycles. The Balaban J connectivity index is 2.03. The molecule has 1 aliphatic rings. The van der Waals surface area contributed by atoms with Crippen LogP contribution in [-0.4, -0.2) is 25.4 Å². The summed E-state index contributed by atoms with van der Waals surface area (Å²) in [5.41, 5.74) is 2.03. The van der Waals surface area contributed by atoms with Gasteiger partial charge in [-0.05, 0) is 35.9 Å². The van der Waals surface area contributed by atoms with Gasteiger partial charge in [-0.1, -0.05) is 18.2 Å². The van der Waals surface area contributed by atoms with E-state index in [1.165, 1.54) is 18.9 Å². The van der Waals surface area contributed by atoms with Crippen molar-refractivity contribution in [2.24, 2.45) is 0 Å². The third kappa shape index (κ3) is 3.03. The van der Waals surface area contributed by atoms with Crippen molar-refractivity contribution in [3.05, 3.63) is 59.3 Å². The molecule has 0 bridgehead atoms.